The van der Waals surface area contributed by atoms with Crippen molar-refractivity contribution in [3.8, 4) is 5.75 Å². The first-order valence-corrected chi connectivity index (χ1v) is 4.88. The maximum absolute atomic E-state index is 9.54. The summed E-state index contributed by atoms with van der Waals surface area (Å²) in [5.74, 6) is 0.574. The molecule has 0 fully saturated rings. The molecule has 0 bridgehead atoms. The van der Waals surface area contributed by atoms with Crippen LogP contribution in [0.15, 0.2) is 6.07 Å². The Bertz CT molecular complexity index is 346. The standard InChI is InChI=1S/C11H15ClO2/c1-6-5-9(8(3)13)11(14-4)10(12)7(6)2/h5,8,13H,1-4H3. The zero-order chi connectivity index (χ0) is 10.9. The van der Waals surface area contributed by atoms with Crippen molar-refractivity contribution in [3.63, 3.8) is 0 Å². The predicted molar refractivity (Wildman–Crippen MR) is 58.1 cm³/mol. The number of hydrogen-bond acceptors (Lipinski definition) is 2. The Labute approximate surface area is 89.5 Å². The van der Waals surface area contributed by atoms with Crippen LogP contribution in [0.1, 0.15) is 29.7 Å². The average Bonchev–Trinajstić information content (AvgIpc) is 2.13. The van der Waals surface area contributed by atoms with Gasteiger partial charge in [-0.15, -0.1) is 0 Å². The van der Waals surface area contributed by atoms with Gasteiger partial charge in [-0.1, -0.05) is 11.6 Å². The van der Waals surface area contributed by atoms with Crippen molar-refractivity contribution < 1.29 is 9.84 Å². The first-order chi connectivity index (χ1) is 6.49. The highest BCUT2D eigenvalue weighted by Crippen LogP contribution is 2.36. The molecule has 0 aliphatic rings. The molecule has 0 spiro atoms. The molecule has 0 heterocycles. The van der Waals surface area contributed by atoms with Crippen molar-refractivity contribution in [2.75, 3.05) is 7.11 Å². The van der Waals surface area contributed by atoms with Crippen molar-refractivity contribution in [2.24, 2.45) is 0 Å². The van der Waals surface area contributed by atoms with Crippen LogP contribution in [0.4, 0.5) is 0 Å². The van der Waals surface area contributed by atoms with Crippen LogP contribution in [0.2, 0.25) is 5.02 Å². The van der Waals surface area contributed by atoms with E-state index in [0.29, 0.717) is 10.8 Å². The topological polar surface area (TPSA) is 29.5 Å². The normalized spacial score (nSPS) is 12.7. The third kappa shape index (κ3) is 1.86. The van der Waals surface area contributed by atoms with Crippen LogP contribution in [0, 0.1) is 13.8 Å². The molecule has 1 atom stereocenters. The van der Waals surface area contributed by atoms with E-state index < -0.39 is 6.10 Å². The molecule has 0 radical (unpaired) electrons. The van der Waals surface area contributed by atoms with Gasteiger partial charge in [0.15, 0.2) is 0 Å². The summed E-state index contributed by atoms with van der Waals surface area (Å²) in [5, 5.41) is 10.1. The van der Waals surface area contributed by atoms with Crippen LogP contribution in [0.25, 0.3) is 0 Å². The molecule has 0 amide bonds. The van der Waals surface area contributed by atoms with Crippen LogP contribution >= 0.6 is 11.6 Å². The summed E-state index contributed by atoms with van der Waals surface area (Å²) in [4.78, 5) is 0. The molecule has 1 aromatic rings. The van der Waals surface area contributed by atoms with Crippen LogP contribution in [-0.4, -0.2) is 12.2 Å². The van der Waals surface area contributed by atoms with Gasteiger partial charge in [0.05, 0.1) is 18.2 Å². The second-order valence-corrected chi connectivity index (χ2v) is 3.81. The van der Waals surface area contributed by atoms with Gasteiger partial charge >= 0.3 is 0 Å². The van der Waals surface area contributed by atoms with Gasteiger partial charge in [0.2, 0.25) is 0 Å². The number of methoxy groups -OCH3 is 1. The Morgan fingerprint density at radius 3 is 2.43 bits per heavy atom. The summed E-state index contributed by atoms with van der Waals surface area (Å²) in [6.45, 7) is 5.60. The van der Waals surface area contributed by atoms with E-state index in [1.807, 2.05) is 19.9 Å². The Morgan fingerprint density at radius 2 is 2.00 bits per heavy atom. The summed E-state index contributed by atoms with van der Waals surface area (Å²) >= 11 is 6.11. The number of halogens is 1. The zero-order valence-corrected chi connectivity index (χ0v) is 9.64. The lowest BCUT2D eigenvalue weighted by Crippen LogP contribution is -2.00. The third-order valence-electron chi connectivity index (χ3n) is 2.41. The summed E-state index contributed by atoms with van der Waals surface area (Å²) in [6.07, 6.45) is -0.568. The minimum Gasteiger partial charge on any atom is -0.495 e. The Kier molecular flexibility index (Phi) is 3.40. The van der Waals surface area contributed by atoms with E-state index in [0.717, 1.165) is 16.7 Å². The van der Waals surface area contributed by atoms with Gasteiger partial charge < -0.3 is 9.84 Å². The van der Waals surface area contributed by atoms with Gasteiger partial charge in [0.1, 0.15) is 5.75 Å². The highest BCUT2D eigenvalue weighted by molar-refractivity contribution is 6.33. The van der Waals surface area contributed by atoms with E-state index in [2.05, 4.69) is 0 Å². The SMILES string of the molecule is COc1c(C(C)O)cc(C)c(C)c1Cl. The molecule has 1 N–H and O–H groups in total. The molecule has 0 aliphatic carbocycles. The largest absolute Gasteiger partial charge is 0.495 e. The molecular weight excluding hydrogens is 200 g/mol. The molecule has 0 saturated heterocycles. The minimum absolute atomic E-state index is 0.568. The second kappa shape index (κ2) is 4.20. The van der Waals surface area contributed by atoms with Crippen molar-refractivity contribution in [2.45, 2.75) is 26.9 Å². The van der Waals surface area contributed by atoms with Gasteiger partial charge in [0.25, 0.3) is 0 Å². The van der Waals surface area contributed by atoms with Crippen molar-refractivity contribution in [1.29, 1.82) is 0 Å². The number of ether oxygens (including phenoxy) is 1. The molecule has 1 unspecified atom stereocenters. The maximum atomic E-state index is 9.54. The molecule has 0 aromatic heterocycles. The van der Waals surface area contributed by atoms with Crippen LogP contribution in [0.5, 0.6) is 5.75 Å². The van der Waals surface area contributed by atoms with Crippen LogP contribution in [0.3, 0.4) is 0 Å². The lowest BCUT2D eigenvalue weighted by Gasteiger charge is -2.16. The van der Waals surface area contributed by atoms with E-state index in [1.165, 1.54) is 0 Å². The van der Waals surface area contributed by atoms with Gasteiger partial charge in [0, 0.05) is 5.56 Å². The van der Waals surface area contributed by atoms with Crippen molar-refractivity contribution >= 4 is 11.6 Å². The summed E-state index contributed by atoms with van der Waals surface area (Å²) in [6, 6.07) is 1.91. The fourth-order valence-corrected chi connectivity index (χ4v) is 1.73. The first-order valence-electron chi connectivity index (χ1n) is 4.50. The minimum atomic E-state index is -0.568. The average molecular weight is 215 g/mol. The predicted octanol–water partition coefficient (Wildman–Crippen LogP) is 3.02. The molecule has 14 heavy (non-hydrogen) atoms. The first kappa shape index (κ1) is 11.3. The molecule has 3 heteroatoms. The van der Waals surface area contributed by atoms with E-state index in [1.54, 1.807) is 14.0 Å². The Balaban J connectivity index is 3.43. The smallest absolute Gasteiger partial charge is 0.143 e. The van der Waals surface area contributed by atoms with Crippen LogP contribution < -0.4 is 4.74 Å². The van der Waals surface area contributed by atoms with Gasteiger partial charge in [-0.2, -0.15) is 0 Å². The molecular formula is C11H15ClO2. The molecule has 0 saturated carbocycles. The van der Waals surface area contributed by atoms with Gasteiger partial charge in [-0.05, 0) is 38.0 Å². The number of aliphatic hydroxyl groups excluding tert-OH is 1. The highest BCUT2D eigenvalue weighted by Gasteiger charge is 2.15. The van der Waals surface area contributed by atoms with Gasteiger partial charge in [-0.25, -0.2) is 0 Å². The number of benzene rings is 1. The fourth-order valence-electron chi connectivity index (χ4n) is 1.39. The third-order valence-corrected chi connectivity index (χ3v) is 2.86. The lowest BCUT2D eigenvalue weighted by atomic mass is 10.0. The summed E-state index contributed by atoms with van der Waals surface area (Å²) in [7, 11) is 1.56. The van der Waals surface area contributed by atoms with E-state index in [9.17, 15) is 5.11 Å². The van der Waals surface area contributed by atoms with E-state index >= 15 is 0 Å². The summed E-state index contributed by atoms with van der Waals surface area (Å²) < 4.78 is 5.18. The van der Waals surface area contributed by atoms with Crippen LogP contribution in [-0.2, 0) is 0 Å². The highest BCUT2D eigenvalue weighted by atomic mass is 35.5. The Morgan fingerprint density at radius 1 is 1.43 bits per heavy atom. The molecule has 1 aromatic carbocycles. The Hall–Kier alpha value is -0.730. The number of aryl methyl sites for hydroxylation is 1. The van der Waals surface area contributed by atoms with Crippen molar-refractivity contribution in [1.82, 2.24) is 0 Å². The monoisotopic (exact) mass is 214 g/mol. The van der Waals surface area contributed by atoms with E-state index in [-0.39, 0.29) is 0 Å². The zero-order valence-electron chi connectivity index (χ0n) is 8.89. The van der Waals surface area contributed by atoms with Crippen molar-refractivity contribution in [3.05, 3.63) is 27.8 Å². The number of rotatable bonds is 2. The maximum Gasteiger partial charge on any atom is 0.143 e. The molecule has 0 aliphatic heterocycles. The van der Waals surface area contributed by atoms with Gasteiger partial charge in [-0.3, -0.25) is 0 Å². The molecule has 2 nitrogen and oxygen atoms in total. The quantitative estimate of drug-likeness (QED) is 0.820. The lowest BCUT2D eigenvalue weighted by molar-refractivity contribution is 0.194. The second-order valence-electron chi connectivity index (χ2n) is 3.43. The molecule has 78 valence electrons. The molecule has 1 rings (SSSR count). The number of hydrogen-bond donors (Lipinski definition) is 1. The fraction of sp³-hybridized carbons (Fsp3) is 0.455. The summed E-state index contributed by atoms with van der Waals surface area (Å²) in [5.41, 5.74) is 2.79. The number of aliphatic hydroxyl groups is 1. The van der Waals surface area contributed by atoms with E-state index in [4.69, 9.17) is 16.3 Å².